The Morgan fingerprint density at radius 1 is 1.21 bits per heavy atom. The second-order valence-corrected chi connectivity index (χ2v) is 9.17. The van der Waals surface area contributed by atoms with Gasteiger partial charge in [-0.1, -0.05) is 20.3 Å². The second-order valence-electron chi connectivity index (χ2n) is 9.17. The number of amides is 1. The van der Waals surface area contributed by atoms with Crippen molar-refractivity contribution in [2.75, 3.05) is 13.1 Å². The van der Waals surface area contributed by atoms with Crippen LogP contribution in [0.5, 0.6) is 0 Å². The first-order valence-electron chi connectivity index (χ1n) is 9.58. The van der Waals surface area contributed by atoms with Crippen LogP contribution in [0.15, 0.2) is 0 Å². The molecule has 3 aliphatic rings. The van der Waals surface area contributed by atoms with Crippen molar-refractivity contribution in [1.82, 2.24) is 10.2 Å². The lowest BCUT2D eigenvalue weighted by atomic mass is 9.79. The van der Waals surface area contributed by atoms with Crippen molar-refractivity contribution in [1.29, 1.82) is 0 Å². The van der Waals surface area contributed by atoms with E-state index in [-0.39, 0.29) is 35.8 Å². The topological polar surface area (TPSA) is 58.4 Å². The van der Waals surface area contributed by atoms with Crippen LogP contribution in [-0.4, -0.2) is 42.0 Å². The fraction of sp³-hybridized carbons (Fsp3) is 0.947. The molecule has 0 aromatic rings. The third-order valence-electron chi connectivity index (χ3n) is 7.07. The van der Waals surface area contributed by atoms with Crippen LogP contribution in [0.25, 0.3) is 0 Å². The van der Waals surface area contributed by atoms with Crippen molar-refractivity contribution >= 4 is 18.3 Å². The number of carbonyl (C=O) groups is 1. The second kappa shape index (κ2) is 7.51. The van der Waals surface area contributed by atoms with E-state index >= 15 is 0 Å². The van der Waals surface area contributed by atoms with E-state index in [1.54, 1.807) is 0 Å². The van der Waals surface area contributed by atoms with Crippen molar-refractivity contribution in [2.24, 2.45) is 28.9 Å². The lowest BCUT2D eigenvalue weighted by Crippen LogP contribution is -2.58. The van der Waals surface area contributed by atoms with Crippen molar-refractivity contribution in [2.45, 2.75) is 77.9 Å². The molecule has 0 spiro atoms. The highest BCUT2D eigenvalue weighted by atomic mass is 35.5. The number of carbonyl (C=O) groups excluding carboxylic acids is 1. The zero-order chi connectivity index (χ0) is 16.8. The molecule has 6 unspecified atom stereocenters. The maximum absolute atomic E-state index is 12.7. The number of hydrogen-bond donors (Lipinski definition) is 2. The Kier molecular flexibility index (Phi) is 6.26. The predicted octanol–water partition coefficient (Wildman–Crippen LogP) is 2.80. The van der Waals surface area contributed by atoms with Crippen LogP contribution in [0.1, 0.15) is 59.8 Å². The molecule has 1 saturated heterocycles. The number of rotatable bonds is 4. The van der Waals surface area contributed by atoms with Crippen LogP contribution >= 0.6 is 12.4 Å². The summed E-state index contributed by atoms with van der Waals surface area (Å²) in [5, 5.41) is 3.33. The van der Waals surface area contributed by atoms with Gasteiger partial charge < -0.3 is 11.1 Å². The molecule has 3 rings (SSSR count). The number of nitrogens with one attached hydrogen (secondary N) is 1. The van der Waals surface area contributed by atoms with Crippen LogP contribution in [-0.2, 0) is 4.79 Å². The van der Waals surface area contributed by atoms with Gasteiger partial charge in [0.05, 0.1) is 6.04 Å². The van der Waals surface area contributed by atoms with Gasteiger partial charge in [0.2, 0.25) is 5.91 Å². The van der Waals surface area contributed by atoms with Gasteiger partial charge in [-0.15, -0.1) is 12.4 Å². The Morgan fingerprint density at radius 2 is 1.92 bits per heavy atom. The minimum absolute atomic E-state index is 0. The van der Waals surface area contributed by atoms with Crippen molar-refractivity contribution < 1.29 is 4.79 Å². The number of hydrogen-bond acceptors (Lipinski definition) is 3. The van der Waals surface area contributed by atoms with Gasteiger partial charge in [-0.05, 0) is 62.7 Å². The first-order chi connectivity index (χ1) is 10.8. The van der Waals surface area contributed by atoms with Gasteiger partial charge in [-0.25, -0.2) is 0 Å². The standard InChI is InChI=1S/C19H35N3O.ClH/c1-12(16-10-14-5-6-15(16)9-14)21-18(23)13(2)22-8-7-17(20)19(3,4)11-22;/h12-17H,5-11,20H2,1-4H3,(H,21,23);1H. The van der Waals surface area contributed by atoms with Gasteiger partial charge in [0.25, 0.3) is 0 Å². The number of halogens is 1. The SMILES string of the molecule is CC(NC(=O)C(C)N1CCC(N)C(C)(C)C1)C1CC2CCC1C2.Cl. The third-order valence-corrected chi connectivity index (χ3v) is 7.07. The maximum Gasteiger partial charge on any atom is 0.237 e. The molecule has 0 aromatic carbocycles. The van der Waals surface area contributed by atoms with E-state index < -0.39 is 0 Å². The number of nitrogens with two attached hydrogens (primary N) is 1. The maximum atomic E-state index is 12.7. The van der Waals surface area contributed by atoms with Crippen molar-refractivity contribution in [3.8, 4) is 0 Å². The Bertz CT molecular complexity index is 456. The molecule has 2 saturated carbocycles. The van der Waals surface area contributed by atoms with Crippen LogP contribution in [0.3, 0.4) is 0 Å². The highest BCUT2D eigenvalue weighted by Gasteiger charge is 2.43. The molecule has 3 fully saturated rings. The van der Waals surface area contributed by atoms with Gasteiger partial charge >= 0.3 is 0 Å². The van der Waals surface area contributed by atoms with Crippen molar-refractivity contribution in [3.63, 3.8) is 0 Å². The fourth-order valence-corrected chi connectivity index (χ4v) is 5.27. The molecular formula is C19H36ClN3O. The summed E-state index contributed by atoms with van der Waals surface area (Å²) in [6.45, 7) is 10.5. The highest BCUT2D eigenvalue weighted by Crippen LogP contribution is 2.49. The minimum atomic E-state index is -0.0529. The molecule has 2 aliphatic carbocycles. The molecule has 2 bridgehead atoms. The smallest absolute Gasteiger partial charge is 0.237 e. The first-order valence-corrected chi connectivity index (χ1v) is 9.58. The average molecular weight is 358 g/mol. The van der Waals surface area contributed by atoms with E-state index in [0.717, 1.165) is 31.3 Å². The molecule has 5 heteroatoms. The number of likely N-dealkylation sites (tertiary alicyclic amines) is 1. The Morgan fingerprint density at radius 3 is 2.46 bits per heavy atom. The molecule has 1 aliphatic heterocycles. The molecule has 0 radical (unpaired) electrons. The third kappa shape index (κ3) is 3.91. The van der Waals surface area contributed by atoms with Gasteiger partial charge in [0.1, 0.15) is 0 Å². The van der Waals surface area contributed by atoms with Gasteiger partial charge in [0, 0.05) is 25.2 Å². The zero-order valence-corrected chi connectivity index (χ0v) is 16.6. The molecule has 4 nitrogen and oxygen atoms in total. The lowest BCUT2D eigenvalue weighted by Gasteiger charge is -2.44. The lowest BCUT2D eigenvalue weighted by molar-refractivity contribution is -0.128. The molecule has 24 heavy (non-hydrogen) atoms. The monoisotopic (exact) mass is 357 g/mol. The molecule has 6 atom stereocenters. The summed E-state index contributed by atoms with van der Waals surface area (Å²) < 4.78 is 0. The summed E-state index contributed by atoms with van der Waals surface area (Å²) in [6, 6.07) is 0.505. The van der Waals surface area contributed by atoms with E-state index in [1.807, 2.05) is 0 Å². The number of piperidine rings is 1. The molecule has 0 aromatic heterocycles. The normalized spacial score (nSPS) is 37.5. The molecule has 1 heterocycles. The van der Waals surface area contributed by atoms with Gasteiger partial charge in [0.15, 0.2) is 0 Å². The van der Waals surface area contributed by atoms with Crippen LogP contribution in [0.2, 0.25) is 0 Å². The Hall–Kier alpha value is -0.320. The van der Waals surface area contributed by atoms with E-state index in [2.05, 4.69) is 37.9 Å². The Labute approximate surface area is 153 Å². The zero-order valence-electron chi connectivity index (χ0n) is 15.8. The van der Waals surface area contributed by atoms with Gasteiger partial charge in [-0.3, -0.25) is 9.69 Å². The fourth-order valence-electron chi connectivity index (χ4n) is 5.27. The summed E-state index contributed by atoms with van der Waals surface area (Å²) in [5.74, 6) is 2.70. The molecular weight excluding hydrogens is 322 g/mol. The summed E-state index contributed by atoms with van der Waals surface area (Å²) in [5.41, 5.74) is 6.31. The van der Waals surface area contributed by atoms with Gasteiger partial charge in [-0.2, -0.15) is 0 Å². The van der Waals surface area contributed by atoms with Crippen LogP contribution in [0.4, 0.5) is 0 Å². The highest BCUT2D eigenvalue weighted by molar-refractivity contribution is 5.85. The summed E-state index contributed by atoms with van der Waals surface area (Å²) >= 11 is 0. The average Bonchev–Trinajstić information content (AvgIpc) is 3.12. The molecule has 140 valence electrons. The molecule has 3 N–H and O–H groups in total. The van der Waals surface area contributed by atoms with E-state index in [1.165, 1.54) is 25.7 Å². The summed E-state index contributed by atoms with van der Waals surface area (Å²) in [4.78, 5) is 15.0. The quantitative estimate of drug-likeness (QED) is 0.813. The van der Waals surface area contributed by atoms with Crippen molar-refractivity contribution in [3.05, 3.63) is 0 Å². The van der Waals surface area contributed by atoms with Crippen LogP contribution in [0, 0.1) is 23.2 Å². The molecule has 1 amide bonds. The largest absolute Gasteiger partial charge is 0.352 e. The van der Waals surface area contributed by atoms with E-state index in [0.29, 0.717) is 12.0 Å². The predicted molar refractivity (Wildman–Crippen MR) is 101 cm³/mol. The van der Waals surface area contributed by atoms with E-state index in [9.17, 15) is 4.79 Å². The van der Waals surface area contributed by atoms with E-state index in [4.69, 9.17) is 5.73 Å². The summed E-state index contributed by atoms with van der Waals surface area (Å²) in [7, 11) is 0. The number of fused-ring (bicyclic) bond motifs is 2. The van der Waals surface area contributed by atoms with Crippen LogP contribution < -0.4 is 11.1 Å². The first kappa shape index (κ1) is 20.0. The Balaban J connectivity index is 0.00000208. The summed E-state index contributed by atoms with van der Waals surface area (Å²) in [6.07, 6.45) is 6.50. The number of nitrogens with zero attached hydrogens (tertiary/aromatic N) is 1. The minimum Gasteiger partial charge on any atom is -0.352 e.